The van der Waals surface area contributed by atoms with Crippen LogP contribution in [0.15, 0.2) is 24.3 Å². The highest BCUT2D eigenvalue weighted by Crippen LogP contribution is 2.13. The van der Waals surface area contributed by atoms with E-state index >= 15 is 0 Å². The Labute approximate surface area is 119 Å². The van der Waals surface area contributed by atoms with Gasteiger partial charge >= 0.3 is 5.97 Å². The molecule has 5 heteroatoms. The summed E-state index contributed by atoms with van der Waals surface area (Å²) >= 11 is 0. The van der Waals surface area contributed by atoms with Crippen LogP contribution in [0.1, 0.15) is 19.4 Å². The molecule has 2 N–H and O–H groups in total. The minimum absolute atomic E-state index is 0.232. The van der Waals surface area contributed by atoms with Crippen molar-refractivity contribution in [2.45, 2.75) is 32.4 Å². The summed E-state index contributed by atoms with van der Waals surface area (Å²) in [5, 5.41) is 12.9. The lowest BCUT2D eigenvalue weighted by molar-refractivity contribution is -0.139. The van der Waals surface area contributed by atoms with Gasteiger partial charge in [0, 0.05) is 12.6 Å². The van der Waals surface area contributed by atoms with E-state index < -0.39 is 6.10 Å². The third-order valence-corrected chi connectivity index (χ3v) is 2.70. The van der Waals surface area contributed by atoms with Gasteiger partial charge in [-0.1, -0.05) is 26.0 Å². The number of hydrogen-bond acceptors (Lipinski definition) is 5. The zero-order valence-corrected chi connectivity index (χ0v) is 12.3. The highest BCUT2D eigenvalue weighted by molar-refractivity contribution is 5.72. The first-order valence-electron chi connectivity index (χ1n) is 6.71. The number of methoxy groups -OCH3 is 1. The molecule has 112 valence electrons. The van der Waals surface area contributed by atoms with Crippen molar-refractivity contribution in [1.29, 1.82) is 0 Å². The first-order chi connectivity index (χ1) is 9.51. The number of hydrogen-bond donors (Lipinski definition) is 2. The zero-order valence-electron chi connectivity index (χ0n) is 12.3. The number of benzene rings is 1. The van der Waals surface area contributed by atoms with Crippen LogP contribution in [0.3, 0.4) is 0 Å². The van der Waals surface area contributed by atoms with Gasteiger partial charge in [0.1, 0.15) is 18.5 Å². The highest BCUT2D eigenvalue weighted by Gasteiger charge is 2.07. The molecule has 0 aliphatic carbocycles. The molecule has 0 spiro atoms. The van der Waals surface area contributed by atoms with Crippen molar-refractivity contribution in [3.05, 3.63) is 29.8 Å². The fourth-order valence-corrected chi connectivity index (χ4v) is 1.57. The number of rotatable bonds is 8. The summed E-state index contributed by atoms with van der Waals surface area (Å²) in [5.41, 5.74) is 0.867. The molecular weight excluding hydrogens is 258 g/mol. The van der Waals surface area contributed by atoms with Gasteiger partial charge in [-0.25, -0.2) is 0 Å². The Hall–Kier alpha value is -1.59. The second-order valence-corrected chi connectivity index (χ2v) is 4.92. The molecule has 0 saturated carbocycles. The fraction of sp³-hybridized carbons (Fsp3) is 0.533. The Morgan fingerprint density at radius 3 is 2.50 bits per heavy atom. The van der Waals surface area contributed by atoms with Crippen LogP contribution in [0.4, 0.5) is 0 Å². The van der Waals surface area contributed by atoms with Crippen LogP contribution in [0, 0.1) is 0 Å². The van der Waals surface area contributed by atoms with Gasteiger partial charge < -0.3 is 19.9 Å². The van der Waals surface area contributed by atoms with E-state index in [-0.39, 0.29) is 19.0 Å². The standard InChI is InChI=1S/C15H23NO4/c1-11(2)16-9-13(17)10-20-14-6-4-12(5-7-14)8-15(18)19-3/h4-7,11,13,16-17H,8-10H2,1-3H3/t13-/m0/s1. The summed E-state index contributed by atoms with van der Waals surface area (Å²) in [7, 11) is 1.37. The number of aliphatic hydroxyl groups excluding tert-OH is 1. The average molecular weight is 281 g/mol. The molecule has 5 nitrogen and oxygen atoms in total. The van der Waals surface area contributed by atoms with Gasteiger partial charge in [-0.3, -0.25) is 4.79 Å². The number of carbonyl (C=O) groups excluding carboxylic acids is 1. The van der Waals surface area contributed by atoms with Gasteiger partial charge in [-0.05, 0) is 17.7 Å². The van der Waals surface area contributed by atoms with Gasteiger partial charge in [0.25, 0.3) is 0 Å². The Morgan fingerprint density at radius 1 is 1.30 bits per heavy atom. The van der Waals surface area contributed by atoms with E-state index in [0.717, 1.165) is 5.56 Å². The monoisotopic (exact) mass is 281 g/mol. The number of ether oxygens (including phenoxy) is 2. The van der Waals surface area contributed by atoms with Crippen molar-refractivity contribution in [3.8, 4) is 5.75 Å². The van der Waals surface area contributed by atoms with Gasteiger partial charge in [0.15, 0.2) is 0 Å². The van der Waals surface area contributed by atoms with E-state index in [0.29, 0.717) is 18.3 Å². The summed E-state index contributed by atoms with van der Waals surface area (Å²) in [6.07, 6.45) is -0.301. The summed E-state index contributed by atoms with van der Waals surface area (Å²) in [4.78, 5) is 11.1. The van der Waals surface area contributed by atoms with Crippen LogP contribution < -0.4 is 10.1 Å². The molecule has 0 heterocycles. The number of nitrogens with one attached hydrogen (secondary N) is 1. The van der Waals surface area contributed by atoms with Crippen molar-refractivity contribution in [3.63, 3.8) is 0 Å². The van der Waals surface area contributed by atoms with Crippen molar-refractivity contribution < 1.29 is 19.4 Å². The maximum absolute atomic E-state index is 11.1. The number of carbonyl (C=O) groups is 1. The lowest BCUT2D eigenvalue weighted by atomic mass is 10.1. The molecule has 1 aromatic rings. The molecule has 0 aliphatic rings. The lowest BCUT2D eigenvalue weighted by Gasteiger charge is -2.15. The second-order valence-electron chi connectivity index (χ2n) is 4.92. The van der Waals surface area contributed by atoms with E-state index in [9.17, 15) is 9.90 Å². The molecule has 0 unspecified atom stereocenters. The van der Waals surface area contributed by atoms with Gasteiger partial charge in [0.2, 0.25) is 0 Å². The van der Waals surface area contributed by atoms with Crippen LogP contribution in [0.2, 0.25) is 0 Å². The van der Waals surface area contributed by atoms with E-state index in [2.05, 4.69) is 10.1 Å². The van der Waals surface area contributed by atoms with Crippen LogP contribution in [0.25, 0.3) is 0 Å². The maximum Gasteiger partial charge on any atom is 0.309 e. The molecule has 1 rings (SSSR count). The van der Waals surface area contributed by atoms with Crippen molar-refractivity contribution in [2.75, 3.05) is 20.3 Å². The zero-order chi connectivity index (χ0) is 15.0. The SMILES string of the molecule is COC(=O)Cc1ccc(OC[C@@H](O)CNC(C)C)cc1. The highest BCUT2D eigenvalue weighted by atomic mass is 16.5. The molecule has 0 fully saturated rings. The summed E-state index contributed by atoms with van der Waals surface area (Å²) in [6, 6.07) is 7.51. The maximum atomic E-state index is 11.1. The van der Waals surface area contributed by atoms with Crippen LogP contribution in [0.5, 0.6) is 5.75 Å². The predicted molar refractivity (Wildman–Crippen MR) is 76.8 cm³/mol. The van der Waals surface area contributed by atoms with E-state index in [1.54, 1.807) is 12.1 Å². The fourth-order valence-electron chi connectivity index (χ4n) is 1.57. The normalized spacial score (nSPS) is 12.2. The average Bonchev–Trinajstić information content (AvgIpc) is 2.44. The topological polar surface area (TPSA) is 67.8 Å². The summed E-state index contributed by atoms with van der Waals surface area (Å²) in [5.74, 6) is 0.399. The van der Waals surface area contributed by atoms with Crippen molar-refractivity contribution in [1.82, 2.24) is 5.32 Å². The largest absolute Gasteiger partial charge is 0.491 e. The molecule has 1 atom stereocenters. The Balaban J connectivity index is 2.36. The first-order valence-corrected chi connectivity index (χ1v) is 6.71. The Bertz CT molecular complexity index is 403. The van der Waals surface area contributed by atoms with Gasteiger partial charge in [-0.2, -0.15) is 0 Å². The summed E-state index contributed by atoms with van der Waals surface area (Å²) in [6.45, 7) is 4.77. The van der Waals surface area contributed by atoms with E-state index in [4.69, 9.17) is 4.74 Å². The molecule has 0 radical (unpaired) electrons. The Morgan fingerprint density at radius 2 is 1.95 bits per heavy atom. The molecule has 0 saturated heterocycles. The lowest BCUT2D eigenvalue weighted by Crippen LogP contribution is -2.35. The molecule has 0 aromatic heterocycles. The minimum Gasteiger partial charge on any atom is -0.491 e. The third-order valence-electron chi connectivity index (χ3n) is 2.70. The number of aliphatic hydroxyl groups is 1. The van der Waals surface area contributed by atoms with Crippen LogP contribution in [-0.2, 0) is 16.0 Å². The van der Waals surface area contributed by atoms with Crippen LogP contribution >= 0.6 is 0 Å². The van der Waals surface area contributed by atoms with Gasteiger partial charge in [0.05, 0.1) is 13.5 Å². The van der Waals surface area contributed by atoms with Crippen molar-refractivity contribution >= 4 is 5.97 Å². The molecule has 20 heavy (non-hydrogen) atoms. The Kier molecular flexibility index (Phi) is 7.04. The molecule has 0 aliphatic heterocycles. The molecule has 1 aromatic carbocycles. The molecule has 0 amide bonds. The smallest absolute Gasteiger partial charge is 0.309 e. The van der Waals surface area contributed by atoms with Gasteiger partial charge in [-0.15, -0.1) is 0 Å². The van der Waals surface area contributed by atoms with Crippen molar-refractivity contribution in [2.24, 2.45) is 0 Å². The number of esters is 1. The third kappa shape index (κ3) is 6.54. The quantitative estimate of drug-likeness (QED) is 0.699. The van der Waals surface area contributed by atoms with E-state index in [1.807, 2.05) is 26.0 Å². The second kappa shape index (κ2) is 8.55. The molecule has 0 bridgehead atoms. The van der Waals surface area contributed by atoms with E-state index in [1.165, 1.54) is 7.11 Å². The minimum atomic E-state index is -0.549. The summed E-state index contributed by atoms with van der Waals surface area (Å²) < 4.78 is 10.1. The first kappa shape index (κ1) is 16.5. The predicted octanol–water partition coefficient (Wildman–Crippen LogP) is 1.14. The molecular formula is C15H23NO4. The van der Waals surface area contributed by atoms with Crippen LogP contribution in [-0.4, -0.2) is 43.5 Å².